The Morgan fingerprint density at radius 1 is 0.964 bits per heavy atom. The maximum Gasteiger partial charge on any atom is 0.259 e. The Labute approximate surface area is 174 Å². The number of fused-ring (bicyclic) bond motifs is 1. The number of benzene rings is 3. The first kappa shape index (κ1) is 18.5. The largest absolute Gasteiger partial charge is 0.377 e. The SMILES string of the molecule is CN(C)c1ccc([C@@H]2C=Cc3ccccc3N2C(=O)c2ccccc2)cc1Br. The average Bonchev–Trinajstić information content (AvgIpc) is 2.72. The van der Waals surface area contributed by atoms with Crippen LogP contribution in [-0.2, 0) is 0 Å². The summed E-state index contributed by atoms with van der Waals surface area (Å²) in [5.41, 5.74) is 4.82. The van der Waals surface area contributed by atoms with Crippen molar-refractivity contribution in [2.75, 3.05) is 23.9 Å². The van der Waals surface area contributed by atoms with Crippen molar-refractivity contribution in [2.45, 2.75) is 6.04 Å². The van der Waals surface area contributed by atoms with Crippen LogP contribution in [0.1, 0.15) is 27.5 Å². The molecule has 3 nitrogen and oxygen atoms in total. The highest BCUT2D eigenvalue weighted by atomic mass is 79.9. The van der Waals surface area contributed by atoms with Crippen molar-refractivity contribution in [2.24, 2.45) is 0 Å². The summed E-state index contributed by atoms with van der Waals surface area (Å²) in [6.45, 7) is 0. The Hall–Kier alpha value is -2.85. The molecule has 3 aromatic rings. The second kappa shape index (κ2) is 7.64. The third kappa shape index (κ3) is 3.36. The number of para-hydroxylation sites is 1. The minimum atomic E-state index is -0.171. The zero-order valence-electron chi connectivity index (χ0n) is 15.8. The zero-order chi connectivity index (χ0) is 19.7. The van der Waals surface area contributed by atoms with Gasteiger partial charge < -0.3 is 4.90 Å². The van der Waals surface area contributed by atoms with Gasteiger partial charge in [0.25, 0.3) is 5.91 Å². The van der Waals surface area contributed by atoms with Crippen LogP contribution in [0.5, 0.6) is 0 Å². The summed E-state index contributed by atoms with van der Waals surface area (Å²) in [7, 11) is 4.03. The topological polar surface area (TPSA) is 23.6 Å². The number of hydrogen-bond donors (Lipinski definition) is 0. The maximum atomic E-state index is 13.5. The number of anilines is 2. The Morgan fingerprint density at radius 2 is 1.68 bits per heavy atom. The summed E-state index contributed by atoms with van der Waals surface area (Å²) in [6.07, 6.45) is 4.20. The normalized spacial score (nSPS) is 15.2. The van der Waals surface area contributed by atoms with Gasteiger partial charge in [-0.1, -0.05) is 54.6 Å². The van der Waals surface area contributed by atoms with Gasteiger partial charge in [0.1, 0.15) is 0 Å². The lowest BCUT2D eigenvalue weighted by Gasteiger charge is -2.34. The van der Waals surface area contributed by atoms with Gasteiger partial charge in [0, 0.05) is 24.1 Å². The van der Waals surface area contributed by atoms with Crippen LogP contribution in [0.3, 0.4) is 0 Å². The zero-order valence-corrected chi connectivity index (χ0v) is 17.4. The van der Waals surface area contributed by atoms with Crippen molar-refractivity contribution in [1.82, 2.24) is 0 Å². The molecular weight excluding hydrogens is 412 g/mol. The molecule has 1 aliphatic rings. The highest BCUT2D eigenvalue weighted by Gasteiger charge is 2.30. The molecule has 0 unspecified atom stereocenters. The third-order valence-corrected chi connectivity index (χ3v) is 5.60. The van der Waals surface area contributed by atoms with E-state index in [4.69, 9.17) is 0 Å². The molecule has 0 N–H and O–H groups in total. The lowest BCUT2D eigenvalue weighted by molar-refractivity contribution is 0.0980. The van der Waals surface area contributed by atoms with E-state index in [1.165, 1.54) is 0 Å². The van der Waals surface area contributed by atoms with Crippen LogP contribution < -0.4 is 9.80 Å². The summed E-state index contributed by atoms with van der Waals surface area (Å²) in [6, 6.07) is 23.6. The molecular formula is C24H21BrN2O. The molecule has 1 heterocycles. The molecule has 4 rings (SSSR count). The molecule has 0 spiro atoms. The molecule has 28 heavy (non-hydrogen) atoms. The number of rotatable bonds is 3. The Bertz CT molecular complexity index is 1040. The molecule has 0 saturated heterocycles. The maximum absolute atomic E-state index is 13.5. The van der Waals surface area contributed by atoms with Gasteiger partial charge in [-0.05, 0) is 57.4 Å². The number of amides is 1. The lowest BCUT2D eigenvalue weighted by atomic mass is 9.96. The molecule has 140 valence electrons. The van der Waals surface area contributed by atoms with Gasteiger partial charge in [-0.2, -0.15) is 0 Å². The fourth-order valence-electron chi connectivity index (χ4n) is 3.56. The molecule has 0 aromatic heterocycles. The van der Waals surface area contributed by atoms with Gasteiger partial charge in [0.05, 0.1) is 17.4 Å². The molecule has 3 aromatic carbocycles. The second-order valence-electron chi connectivity index (χ2n) is 7.01. The number of nitrogens with zero attached hydrogens (tertiary/aromatic N) is 2. The highest BCUT2D eigenvalue weighted by molar-refractivity contribution is 9.10. The fraction of sp³-hybridized carbons (Fsp3) is 0.125. The van der Waals surface area contributed by atoms with Gasteiger partial charge in [0.15, 0.2) is 0 Å². The smallest absolute Gasteiger partial charge is 0.259 e. The van der Waals surface area contributed by atoms with Crippen molar-refractivity contribution in [3.05, 3.63) is 100 Å². The van der Waals surface area contributed by atoms with Gasteiger partial charge in [-0.3, -0.25) is 9.69 Å². The van der Waals surface area contributed by atoms with E-state index in [0.29, 0.717) is 5.56 Å². The van der Waals surface area contributed by atoms with Crippen molar-refractivity contribution in [3.63, 3.8) is 0 Å². The van der Waals surface area contributed by atoms with E-state index >= 15 is 0 Å². The van der Waals surface area contributed by atoms with E-state index in [1.54, 1.807) is 0 Å². The molecule has 0 bridgehead atoms. The van der Waals surface area contributed by atoms with Crippen LogP contribution in [0.15, 0.2) is 83.3 Å². The first-order valence-corrected chi connectivity index (χ1v) is 9.98. The predicted octanol–water partition coefficient (Wildman–Crippen LogP) is 5.93. The van der Waals surface area contributed by atoms with Gasteiger partial charge in [-0.25, -0.2) is 0 Å². The van der Waals surface area contributed by atoms with Crippen LogP contribution in [0.25, 0.3) is 6.08 Å². The van der Waals surface area contributed by atoms with E-state index in [9.17, 15) is 4.79 Å². The number of carbonyl (C=O) groups excluding carboxylic acids is 1. The molecule has 0 saturated carbocycles. The van der Waals surface area contributed by atoms with Crippen molar-refractivity contribution in [3.8, 4) is 0 Å². The Balaban J connectivity index is 1.82. The van der Waals surface area contributed by atoms with E-state index < -0.39 is 0 Å². The molecule has 1 aliphatic heterocycles. The van der Waals surface area contributed by atoms with E-state index in [2.05, 4.69) is 51.2 Å². The Morgan fingerprint density at radius 3 is 2.39 bits per heavy atom. The van der Waals surface area contributed by atoms with Crippen molar-refractivity contribution < 1.29 is 4.79 Å². The predicted molar refractivity (Wildman–Crippen MR) is 120 cm³/mol. The number of halogens is 1. The molecule has 1 amide bonds. The standard InChI is InChI=1S/C24H21BrN2O/c1-26(2)23-15-13-19(16-20(23)25)22-14-12-17-8-6-7-11-21(17)27(22)24(28)18-9-4-3-5-10-18/h3-16,22H,1-2H3/t22-/m0/s1. The van der Waals surface area contributed by atoms with Gasteiger partial charge in [-0.15, -0.1) is 0 Å². The first-order chi connectivity index (χ1) is 13.6. The molecule has 1 atom stereocenters. The van der Waals surface area contributed by atoms with E-state index in [0.717, 1.165) is 27.0 Å². The van der Waals surface area contributed by atoms with Gasteiger partial charge in [0.2, 0.25) is 0 Å². The summed E-state index contributed by atoms with van der Waals surface area (Å²) < 4.78 is 1.01. The van der Waals surface area contributed by atoms with Crippen LogP contribution in [0.4, 0.5) is 11.4 Å². The quantitative estimate of drug-likeness (QED) is 0.511. The van der Waals surface area contributed by atoms with E-state index in [1.807, 2.05) is 73.6 Å². The molecule has 0 fully saturated rings. The van der Waals surface area contributed by atoms with E-state index in [-0.39, 0.29) is 11.9 Å². The molecule has 0 radical (unpaired) electrons. The summed E-state index contributed by atoms with van der Waals surface area (Å²) >= 11 is 3.68. The summed E-state index contributed by atoms with van der Waals surface area (Å²) in [5.74, 6) is -0.00444. The third-order valence-electron chi connectivity index (χ3n) is 4.97. The molecule has 0 aliphatic carbocycles. The molecule has 4 heteroatoms. The van der Waals surface area contributed by atoms with Crippen LogP contribution >= 0.6 is 15.9 Å². The minimum absolute atomic E-state index is 0.00444. The lowest BCUT2D eigenvalue weighted by Crippen LogP contribution is -2.36. The summed E-state index contributed by atoms with van der Waals surface area (Å²) in [5, 5.41) is 0. The van der Waals surface area contributed by atoms with Crippen molar-refractivity contribution in [1.29, 1.82) is 0 Å². The first-order valence-electron chi connectivity index (χ1n) is 9.19. The average molecular weight is 433 g/mol. The number of carbonyl (C=O) groups is 1. The van der Waals surface area contributed by atoms with Crippen LogP contribution in [0, 0.1) is 0 Å². The summed E-state index contributed by atoms with van der Waals surface area (Å²) in [4.78, 5) is 17.4. The van der Waals surface area contributed by atoms with Crippen LogP contribution in [0.2, 0.25) is 0 Å². The number of hydrogen-bond acceptors (Lipinski definition) is 2. The second-order valence-corrected chi connectivity index (χ2v) is 7.86. The van der Waals surface area contributed by atoms with Crippen LogP contribution in [-0.4, -0.2) is 20.0 Å². The minimum Gasteiger partial charge on any atom is -0.377 e. The van der Waals surface area contributed by atoms with Gasteiger partial charge >= 0.3 is 0 Å². The fourth-order valence-corrected chi connectivity index (χ4v) is 4.32. The monoisotopic (exact) mass is 432 g/mol. The highest BCUT2D eigenvalue weighted by Crippen LogP contribution is 2.39. The van der Waals surface area contributed by atoms with Crippen molar-refractivity contribution >= 4 is 39.3 Å². The Kier molecular flexibility index (Phi) is 5.05.